The van der Waals surface area contributed by atoms with E-state index in [1.54, 1.807) is 49.6 Å². The molecule has 10 heteroatoms. The number of hydrogen-bond acceptors (Lipinski definition) is 6. The second kappa shape index (κ2) is 14.0. The molecule has 0 fully saturated rings. The van der Waals surface area contributed by atoms with Crippen molar-refractivity contribution in [3.8, 4) is 11.5 Å². The Hall–Kier alpha value is -4.28. The van der Waals surface area contributed by atoms with Crippen LogP contribution in [-0.4, -0.2) is 42.8 Å². The highest BCUT2D eigenvalue weighted by molar-refractivity contribution is 9.10. The van der Waals surface area contributed by atoms with Crippen LogP contribution in [0.4, 0.5) is 8.78 Å². The molecular weight excluding hydrogens is 634 g/mol. The fraction of sp³-hybridized carbons (Fsp3) is 0.235. The number of rotatable bonds is 12. The van der Waals surface area contributed by atoms with E-state index in [9.17, 15) is 13.6 Å². The second-order valence-corrected chi connectivity index (χ2v) is 11.2. The molecule has 4 aromatic carbocycles. The maximum absolute atomic E-state index is 14.5. The van der Waals surface area contributed by atoms with Gasteiger partial charge in [0, 0.05) is 41.6 Å². The second-order valence-electron chi connectivity index (χ2n) is 10.3. The zero-order valence-corrected chi connectivity index (χ0v) is 25.5. The number of amides is 1. The van der Waals surface area contributed by atoms with Crippen molar-refractivity contribution in [3.63, 3.8) is 0 Å². The molecule has 0 saturated heterocycles. The minimum absolute atomic E-state index is 0.00924. The lowest BCUT2D eigenvalue weighted by Gasteiger charge is -2.31. The van der Waals surface area contributed by atoms with Crippen molar-refractivity contribution >= 4 is 27.7 Å². The Labute approximate surface area is 262 Å². The molecule has 44 heavy (non-hydrogen) atoms. The Morgan fingerprint density at radius 2 is 1.80 bits per heavy atom. The number of ether oxygens (including phenoxy) is 3. The summed E-state index contributed by atoms with van der Waals surface area (Å²) in [5.74, 6) is -0.335. The van der Waals surface area contributed by atoms with Crippen molar-refractivity contribution in [1.82, 2.24) is 5.32 Å². The molecule has 1 aliphatic heterocycles. The Bertz CT molecular complexity index is 1630. The van der Waals surface area contributed by atoms with E-state index in [4.69, 9.17) is 24.3 Å². The van der Waals surface area contributed by atoms with Gasteiger partial charge < -0.3 is 24.6 Å². The average Bonchev–Trinajstić information content (AvgIpc) is 3.43. The van der Waals surface area contributed by atoms with Gasteiger partial charge in [-0.15, -0.1) is 0 Å². The van der Waals surface area contributed by atoms with Crippen LogP contribution in [0.1, 0.15) is 34.8 Å². The van der Waals surface area contributed by atoms with E-state index < -0.39 is 29.2 Å². The van der Waals surface area contributed by atoms with Gasteiger partial charge in [0.2, 0.25) is 5.90 Å². The summed E-state index contributed by atoms with van der Waals surface area (Å²) in [6.07, 6.45) is -0.243. The molecule has 1 heterocycles. The lowest BCUT2D eigenvalue weighted by Crippen LogP contribution is -2.49. The summed E-state index contributed by atoms with van der Waals surface area (Å²) >= 11 is 3.46. The van der Waals surface area contributed by atoms with E-state index >= 15 is 0 Å². The predicted octanol–water partition coefficient (Wildman–Crippen LogP) is 6.31. The molecule has 4 aromatic rings. The van der Waals surface area contributed by atoms with Crippen molar-refractivity contribution in [1.29, 1.82) is 0 Å². The van der Waals surface area contributed by atoms with Crippen LogP contribution < -0.4 is 14.8 Å². The van der Waals surface area contributed by atoms with Crippen molar-refractivity contribution in [2.24, 2.45) is 4.99 Å². The average molecular weight is 666 g/mol. The first-order valence-corrected chi connectivity index (χ1v) is 14.8. The normalized spacial score (nSPS) is 17.5. The number of hydrogen-bond donors (Lipinski definition) is 2. The van der Waals surface area contributed by atoms with Crippen molar-refractivity contribution in [3.05, 3.63) is 129 Å². The molecule has 0 aromatic heterocycles. The lowest BCUT2D eigenvalue weighted by molar-refractivity contribution is -0.129. The van der Waals surface area contributed by atoms with Gasteiger partial charge >= 0.3 is 0 Å². The van der Waals surface area contributed by atoms with Gasteiger partial charge in [0.25, 0.3) is 5.91 Å². The number of nitrogens with zero attached hydrogens (tertiary/aromatic N) is 1. The van der Waals surface area contributed by atoms with E-state index in [1.807, 2.05) is 30.3 Å². The largest absolute Gasteiger partial charge is 0.497 e. The van der Waals surface area contributed by atoms with Gasteiger partial charge in [-0.05, 0) is 77.9 Å². The van der Waals surface area contributed by atoms with Crippen LogP contribution >= 0.6 is 15.9 Å². The molecule has 0 saturated carbocycles. The van der Waals surface area contributed by atoms with Crippen LogP contribution in [0, 0.1) is 11.6 Å². The van der Waals surface area contributed by atoms with Gasteiger partial charge in [-0.2, -0.15) is 0 Å². The molecule has 1 aliphatic rings. The third-order valence-corrected chi connectivity index (χ3v) is 7.79. The molecule has 0 spiro atoms. The summed E-state index contributed by atoms with van der Waals surface area (Å²) in [6.45, 7) is 0.149. The van der Waals surface area contributed by atoms with E-state index in [-0.39, 0.29) is 31.0 Å². The van der Waals surface area contributed by atoms with E-state index in [2.05, 4.69) is 21.2 Å². The summed E-state index contributed by atoms with van der Waals surface area (Å²) in [7, 11) is 1.55. The van der Waals surface area contributed by atoms with Gasteiger partial charge in [-0.25, -0.2) is 13.8 Å². The summed E-state index contributed by atoms with van der Waals surface area (Å²) in [5.41, 5.74) is 0.560. The number of halogens is 3. The highest BCUT2D eigenvalue weighted by Gasteiger charge is 2.53. The SMILES string of the molecule is COc1cccc([C@H]2OC(c3ccc(OCCCO)cc3)=N[C@@]2(Cc2ccc(Br)cc2)C(=O)NCc2cc(F)ccc2F)c1. The predicted molar refractivity (Wildman–Crippen MR) is 166 cm³/mol. The Balaban J connectivity index is 1.57. The molecule has 0 aliphatic carbocycles. The van der Waals surface area contributed by atoms with Crippen LogP contribution in [-0.2, 0) is 22.5 Å². The van der Waals surface area contributed by atoms with Crippen molar-refractivity contribution < 1.29 is 32.9 Å². The summed E-state index contributed by atoms with van der Waals surface area (Å²) in [5, 5.41) is 11.8. The molecule has 1 amide bonds. The maximum Gasteiger partial charge on any atom is 0.252 e. The molecule has 0 bridgehead atoms. The Morgan fingerprint density at radius 3 is 2.52 bits per heavy atom. The molecule has 0 unspecified atom stereocenters. The number of methoxy groups -OCH3 is 1. The van der Waals surface area contributed by atoms with Gasteiger partial charge in [0.15, 0.2) is 11.6 Å². The highest BCUT2D eigenvalue weighted by atomic mass is 79.9. The third-order valence-electron chi connectivity index (χ3n) is 7.26. The minimum atomic E-state index is -1.53. The van der Waals surface area contributed by atoms with E-state index in [0.29, 0.717) is 35.7 Å². The highest BCUT2D eigenvalue weighted by Crippen LogP contribution is 2.43. The molecular formula is C34H31BrF2N2O5. The molecule has 228 valence electrons. The quantitative estimate of drug-likeness (QED) is 0.173. The zero-order chi connectivity index (χ0) is 31.1. The van der Waals surface area contributed by atoms with Gasteiger partial charge in [-0.3, -0.25) is 4.79 Å². The van der Waals surface area contributed by atoms with Gasteiger partial charge in [0.05, 0.1) is 13.7 Å². The molecule has 7 nitrogen and oxygen atoms in total. The van der Waals surface area contributed by atoms with Crippen LogP contribution in [0.15, 0.2) is 100 Å². The number of aliphatic hydroxyl groups excluding tert-OH is 1. The summed E-state index contributed by atoms with van der Waals surface area (Å²) < 4.78 is 46.9. The number of aliphatic imine (C=N–C) groups is 1. The smallest absolute Gasteiger partial charge is 0.252 e. The fourth-order valence-corrected chi connectivity index (χ4v) is 5.27. The van der Waals surface area contributed by atoms with Crippen LogP contribution in [0.3, 0.4) is 0 Å². The van der Waals surface area contributed by atoms with Crippen LogP contribution in [0.2, 0.25) is 0 Å². The van der Waals surface area contributed by atoms with Crippen molar-refractivity contribution in [2.45, 2.75) is 31.0 Å². The number of benzene rings is 4. The molecule has 0 radical (unpaired) electrons. The lowest BCUT2D eigenvalue weighted by atomic mass is 9.82. The Kier molecular flexibility index (Phi) is 9.92. The number of carbonyl (C=O) groups is 1. The fourth-order valence-electron chi connectivity index (χ4n) is 5.01. The standard InChI is InChI=1S/C34H31BrF2N2O5/c1-42-29-5-2-4-24(19-29)31-34(20-22-6-10-26(35)11-7-22,33(41)38-21-25-18-27(36)12-15-30(25)37)39-32(44-31)23-8-13-28(14-9-23)43-17-3-16-40/h2,4-15,18-19,31,40H,3,16-17,20-21H2,1H3,(H,38,41)/t31-,34-/m1/s1. The number of aliphatic hydroxyl groups is 1. The van der Waals surface area contributed by atoms with Crippen LogP contribution in [0.25, 0.3) is 0 Å². The summed E-state index contributed by atoms with van der Waals surface area (Å²) in [4.78, 5) is 19.3. The van der Waals surface area contributed by atoms with Crippen LogP contribution in [0.5, 0.6) is 11.5 Å². The first-order chi connectivity index (χ1) is 21.3. The first kappa shape index (κ1) is 31.2. The maximum atomic E-state index is 14.5. The number of carbonyl (C=O) groups excluding carboxylic acids is 1. The monoisotopic (exact) mass is 664 g/mol. The number of nitrogens with one attached hydrogen (secondary N) is 1. The Morgan fingerprint density at radius 1 is 1.02 bits per heavy atom. The van der Waals surface area contributed by atoms with Crippen molar-refractivity contribution in [2.75, 3.05) is 20.3 Å². The zero-order valence-electron chi connectivity index (χ0n) is 23.9. The minimum Gasteiger partial charge on any atom is -0.497 e. The molecule has 2 N–H and O–H groups in total. The molecule has 2 atom stereocenters. The third kappa shape index (κ3) is 7.09. The van der Waals surface area contributed by atoms with Gasteiger partial charge in [-0.1, -0.05) is 40.2 Å². The first-order valence-electron chi connectivity index (χ1n) is 14.0. The summed E-state index contributed by atoms with van der Waals surface area (Å²) in [6, 6.07) is 24.9. The molecule has 5 rings (SSSR count). The topological polar surface area (TPSA) is 89.4 Å². The van der Waals surface area contributed by atoms with E-state index in [0.717, 1.165) is 28.2 Å². The van der Waals surface area contributed by atoms with Gasteiger partial charge in [0.1, 0.15) is 23.1 Å². The van der Waals surface area contributed by atoms with E-state index in [1.165, 1.54) is 0 Å².